The van der Waals surface area contributed by atoms with E-state index in [0.29, 0.717) is 41.6 Å². The molecule has 6 nitrogen and oxygen atoms in total. The lowest BCUT2D eigenvalue weighted by Gasteiger charge is -2.21. The minimum Gasteiger partial charge on any atom is -0.481 e. The average molecular weight is 417 g/mol. The number of oxazole rings is 1. The van der Waals surface area contributed by atoms with Gasteiger partial charge >= 0.3 is 6.18 Å². The van der Waals surface area contributed by atoms with Crippen molar-refractivity contribution in [1.29, 1.82) is 0 Å². The Labute approximate surface area is 170 Å². The second-order valence-corrected chi connectivity index (χ2v) is 6.91. The number of methoxy groups -OCH3 is 1. The van der Waals surface area contributed by atoms with Gasteiger partial charge in [0.1, 0.15) is 11.5 Å². The lowest BCUT2D eigenvalue weighted by atomic mass is 9.96. The number of ether oxygens (including phenoxy) is 1. The van der Waals surface area contributed by atoms with E-state index < -0.39 is 23.7 Å². The molecule has 0 bridgehead atoms. The monoisotopic (exact) mass is 417 g/mol. The molecule has 4 rings (SSSR count). The Kier molecular flexibility index (Phi) is 5.19. The van der Waals surface area contributed by atoms with Crippen molar-refractivity contribution < 1.29 is 27.1 Å². The van der Waals surface area contributed by atoms with E-state index in [1.165, 1.54) is 19.2 Å². The fourth-order valence-electron chi connectivity index (χ4n) is 3.41. The van der Waals surface area contributed by atoms with Crippen LogP contribution in [0.15, 0.2) is 47.0 Å². The molecule has 0 fully saturated rings. The maximum absolute atomic E-state index is 12.9. The molecule has 0 spiro atoms. The largest absolute Gasteiger partial charge is 0.481 e. The molecule has 0 saturated carbocycles. The normalized spacial score (nSPS) is 16.1. The van der Waals surface area contributed by atoms with Gasteiger partial charge in [0.15, 0.2) is 0 Å². The van der Waals surface area contributed by atoms with Crippen molar-refractivity contribution in [3.63, 3.8) is 0 Å². The summed E-state index contributed by atoms with van der Waals surface area (Å²) >= 11 is 0. The Hall–Kier alpha value is -3.36. The summed E-state index contributed by atoms with van der Waals surface area (Å²) < 4.78 is 49.8. The third-order valence-corrected chi connectivity index (χ3v) is 4.90. The minimum absolute atomic E-state index is 0.0560. The molecular weight excluding hydrogens is 399 g/mol. The minimum atomic E-state index is -4.51. The second-order valence-electron chi connectivity index (χ2n) is 6.91. The number of pyridine rings is 1. The number of benzene rings is 1. The van der Waals surface area contributed by atoms with Crippen molar-refractivity contribution >= 4 is 5.91 Å². The van der Waals surface area contributed by atoms with Gasteiger partial charge in [-0.15, -0.1) is 0 Å². The maximum Gasteiger partial charge on any atom is 0.416 e. The van der Waals surface area contributed by atoms with E-state index in [4.69, 9.17) is 9.15 Å². The number of carbonyl (C=O) groups excluding carboxylic acids is 1. The Bertz CT molecular complexity index is 1080. The fourth-order valence-corrected chi connectivity index (χ4v) is 3.41. The second kappa shape index (κ2) is 7.81. The van der Waals surface area contributed by atoms with Gasteiger partial charge in [0.2, 0.25) is 11.8 Å². The van der Waals surface area contributed by atoms with Gasteiger partial charge in [0, 0.05) is 29.8 Å². The Morgan fingerprint density at radius 3 is 2.87 bits per heavy atom. The molecule has 1 aliphatic carbocycles. The summed E-state index contributed by atoms with van der Waals surface area (Å²) in [5.41, 5.74) is 0.348. The van der Waals surface area contributed by atoms with Crippen LogP contribution in [0.5, 0.6) is 5.88 Å². The fraction of sp³-hybridized carbons (Fsp3) is 0.286. The van der Waals surface area contributed by atoms with Gasteiger partial charge in [-0.05, 0) is 37.1 Å². The van der Waals surface area contributed by atoms with Gasteiger partial charge in [-0.25, -0.2) is 9.97 Å². The van der Waals surface area contributed by atoms with Crippen LogP contribution in [0.25, 0.3) is 11.5 Å². The number of aryl methyl sites for hydroxylation is 1. The summed E-state index contributed by atoms with van der Waals surface area (Å²) in [6, 6.07) is 7.32. The molecule has 1 atom stereocenters. The van der Waals surface area contributed by atoms with E-state index in [0.717, 1.165) is 18.6 Å². The number of rotatable bonds is 4. The third kappa shape index (κ3) is 4.00. The topological polar surface area (TPSA) is 77.3 Å². The smallest absolute Gasteiger partial charge is 0.416 e. The van der Waals surface area contributed by atoms with E-state index in [1.54, 1.807) is 18.3 Å². The van der Waals surface area contributed by atoms with Crippen LogP contribution in [0.4, 0.5) is 13.2 Å². The summed E-state index contributed by atoms with van der Waals surface area (Å²) in [5, 5.41) is 2.79. The first kappa shape index (κ1) is 19.9. The Balaban J connectivity index is 1.58. The van der Waals surface area contributed by atoms with E-state index in [2.05, 4.69) is 15.3 Å². The van der Waals surface area contributed by atoms with Gasteiger partial charge < -0.3 is 14.5 Å². The van der Waals surface area contributed by atoms with Crippen LogP contribution in [0.1, 0.15) is 46.3 Å². The molecule has 30 heavy (non-hydrogen) atoms. The van der Waals surface area contributed by atoms with Crippen molar-refractivity contribution in [2.45, 2.75) is 31.5 Å². The summed E-state index contributed by atoms with van der Waals surface area (Å²) in [4.78, 5) is 21.2. The average Bonchev–Trinajstić information content (AvgIpc) is 3.19. The van der Waals surface area contributed by atoms with Crippen molar-refractivity contribution in [1.82, 2.24) is 15.3 Å². The molecule has 1 N–H and O–H groups in total. The molecule has 2 heterocycles. The number of nitrogens with zero attached hydrogens (tertiary/aromatic N) is 2. The number of halogens is 3. The predicted molar refractivity (Wildman–Crippen MR) is 101 cm³/mol. The highest BCUT2D eigenvalue weighted by Gasteiger charge is 2.32. The van der Waals surface area contributed by atoms with E-state index in [1.807, 2.05) is 0 Å². The molecule has 0 unspecified atom stereocenters. The van der Waals surface area contributed by atoms with Crippen molar-refractivity contribution in [3.05, 3.63) is 65.2 Å². The van der Waals surface area contributed by atoms with E-state index in [-0.39, 0.29) is 5.56 Å². The molecule has 3 aromatic rings. The highest BCUT2D eigenvalue weighted by atomic mass is 19.4. The van der Waals surface area contributed by atoms with Gasteiger partial charge in [-0.3, -0.25) is 4.79 Å². The van der Waals surface area contributed by atoms with Gasteiger partial charge in [-0.2, -0.15) is 13.2 Å². The first-order valence-electron chi connectivity index (χ1n) is 9.33. The van der Waals surface area contributed by atoms with Crippen LogP contribution in [0.3, 0.4) is 0 Å². The molecular formula is C21H18F3N3O3. The van der Waals surface area contributed by atoms with E-state index in [9.17, 15) is 18.0 Å². The van der Waals surface area contributed by atoms with Crippen molar-refractivity contribution in [3.8, 4) is 17.3 Å². The molecule has 9 heteroatoms. The lowest BCUT2D eigenvalue weighted by Crippen LogP contribution is -2.31. The van der Waals surface area contributed by atoms with Crippen molar-refractivity contribution in [2.24, 2.45) is 0 Å². The van der Waals surface area contributed by atoms with Crippen LogP contribution < -0.4 is 10.1 Å². The van der Waals surface area contributed by atoms with Crippen LogP contribution in [0.2, 0.25) is 0 Å². The quantitative estimate of drug-likeness (QED) is 0.673. The summed E-state index contributed by atoms with van der Waals surface area (Å²) in [5.74, 6) is 0.856. The molecule has 1 aromatic carbocycles. The number of amides is 1. The molecule has 1 aliphatic rings. The number of fused-ring (bicyclic) bond motifs is 1. The van der Waals surface area contributed by atoms with Crippen LogP contribution >= 0.6 is 0 Å². The molecule has 0 saturated heterocycles. The summed E-state index contributed by atoms with van der Waals surface area (Å²) in [6.45, 7) is 0. The standard InChI is InChI=1S/C21H18F3N3O3/c1-29-17-11-13(8-9-25-17)20-27-18-15(6-3-7-16(18)30-20)26-19(28)12-4-2-5-14(10-12)21(22,23)24/h2,4-5,8-11,15H,3,6-7H2,1H3,(H,26,28)/t15-/m1/s1. The molecule has 0 radical (unpaired) electrons. The molecule has 1 amide bonds. The first-order chi connectivity index (χ1) is 14.3. The zero-order valence-electron chi connectivity index (χ0n) is 16.0. The summed E-state index contributed by atoms with van der Waals surface area (Å²) in [6.07, 6.45) is -0.899. The number of hydrogen-bond acceptors (Lipinski definition) is 5. The number of hydrogen-bond donors (Lipinski definition) is 1. The number of alkyl halides is 3. The number of nitrogens with one attached hydrogen (secondary N) is 1. The Morgan fingerprint density at radius 2 is 2.10 bits per heavy atom. The SMILES string of the molecule is COc1cc(-c2nc3c(o2)CCC[C@H]3NC(=O)c2cccc(C(F)(F)F)c2)ccn1. The lowest BCUT2D eigenvalue weighted by molar-refractivity contribution is -0.137. The van der Waals surface area contributed by atoms with E-state index >= 15 is 0 Å². The molecule has 156 valence electrons. The highest BCUT2D eigenvalue weighted by Crippen LogP contribution is 2.34. The molecule has 2 aromatic heterocycles. The number of aromatic nitrogens is 2. The predicted octanol–water partition coefficient (Wildman–Crippen LogP) is 4.57. The molecule has 0 aliphatic heterocycles. The third-order valence-electron chi connectivity index (χ3n) is 4.90. The highest BCUT2D eigenvalue weighted by molar-refractivity contribution is 5.94. The first-order valence-corrected chi connectivity index (χ1v) is 9.33. The number of carbonyl (C=O) groups is 1. The van der Waals surface area contributed by atoms with Crippen LogP contribution in [-0.4, -0.2) is 23.0 Å². The van der Waals surface area contributed by atoms with Crippen LogP contribution in [0, 0.1) is 0 Å². The van der Waals surface area contributed by atoms with Gasteiger partial charge in [0.05, 0.1) is 18.7 Å². The zero-order valence-corrected chi connectivity index (χ0v) is 16.0. The zero-order chi connectivity index (χ0) is 21.3. The summed E-state index contributed by atoms with van der Waals surface area (Å²) in [7, 11) is 1.51. The van der Waals surface area contributed by atoms with Crippen molar-refractivity contribution in [2.75, 3.05) is 7.11 Å². The van der Waals surface area contributed by atoms with Gasteiger partial charge in [0.25, 0.3) is 5.91 Å². The van der Waals surface area contributed by atoms with Crippen LogP contribution in [-0.2, 0) is 12.6 Å². The Morgan fingerprint density at radius 1 is 1.27 bits per heavy atom. The maximum atomic E-state index is 12.9. The van der Waals surface area contributed by atoms with Gasteiger partial charge in [-0.1, -0.05) is 6.07 Å².